The maximum atomic E-state index is 11.8. The first-order valence-electron chi connectivity index (χ1n) is 8.30. The van der Waals surface area contributed by atoms with E-state index in [9.17, 15) is 18.0 Å². The lowest BCUT2D eigenvalue weighted by Crippen LogP contribution is -2.27. The number of aldehydes is 1. The number of phenols is 1. The van der Waals surface area contributed by atoms with Crippen molar-refractivity contribution in [3.05, 3.63) is 54.1 Å². The van der Waals surface area contributed by atoms with Gasteiger partial charge in [-0.15, -0.1) is 0 Å². The summed E-state index contributed by atoms with van der Waals surface area (Å²) in [6.45, 7) is 5.27. The predicted molar refractivity (Wildman–Crippen MR) is 109 cm³/mol. The summed E-state index contributed by atoms with van der Waals surface area (Å²) in [5.41, 5.74) is 0.0372. The van der Waals surface area contributed by atoms with Crippen LogP contribution >= 0.6 is 0 Å². The molecule has 2 aromatic carbocycles. The summed E-state index contributed by atoms with van der Waals surface area (Å²) >= 11 is 0. The zero-order valence-corrected chi connectivity index (χ0v) is 17.8. The van der Waals surface area contributed by atoms with Crippen molar-refractivity contribution >= 4 is 33.9 Å². The van der Waals surface area contributed by atoms with Crippen LogP contribution in [-0.2, 0) is 31.1 Å². The minimum atomic E-state index is -1.44. The van der Waals surface area contributed by atoms with Gasteiger partial charge < -0.3 is 9.84 Å². The second-order valence-electron chi connectivity index (χ2n) is 6.71. The second-order valence-corrected chi connectivity index (χ2v) is 9.54. The molecule has 0 heterocycles. The Bertz CT molecular complexity index is 836. The fraction of sp³-hybridized carbons (Fsp3) is 0.300. The molecule has 152 valence electrons. The average Bonchev–Trinajstić information content (AvgIpc) is 2.61. The van der Waals surface area contributed by atoms with Gasteiger partial charge in [0.2, 0.25) is 0 Å². The maximum absolute atomic E-state index is 11.8. The molecule has 0 aliphatic heterocycles. The van der Waals surface area contributed by atoms with E-state index >= 15 is 0 Å². The number of carbonyl (C=O) groups excluding carboxylic acids is 2. The van der Waals surface area contributed by atoms with Gasteiger partial charge in [0, 0.05) is 32.4 Å². The number of hydrogen-bond acceptors (Lipinski definition) is 6. The van der Waals surface area contributed by atoms with Crippen LogP contribution < -0.4 is 0 Å². The largest absolute Gasteiger partial charge is 0.508 e. The van der Waals surface area contributed by atoms with Crippen molar-refractivity contribution in [1.82, 2.24) is 0 Å². The number of rotatable bonds is 5. The van der Waals surface area contributed by atoms with Crippen molar-refractivity contribution in [3.63, 3.8) is 0 Å². The summed E-state index contributed by atoms with van der Waals surface area (Å²) in [7, 11) is -2.40. The summed E-state index contributed by atoms with van der Waals surface area (Å²) in [6.07, 6.45) is 2.37. The zero-order chi connectivity index (χ0) is 21.3. The van der Waals surface area contributed by atoms with Gasteiger partial charge in [-0.2, -0.15) is 0 Å². The smallest absolute Gasteiger partial charge is 0.319 e. The fourth-order valence-corrected chi connectivity index (χ4v) is 3.30. The first-order chi connectivity index (χ1) is 13.0. The highest BCUT2D eigenvalue weighted by molar-refractivity contribution is 7.85. The van der Waals surface area contributed by atoms with Gasteiger partial charge in [0.1, 0.15) is 23.4 Å². The van der Waals surface area contributed by atoms with Crippen LogP contribution in [0.4, 0.5) is 0 Å². The van der Waals surface area contributed by atoms with Gasteiger partial charge in [-0.25, -0.2) is 0 Å². The monoisotopic (exact) mass is 424 g/mol. The molecule has 0 amide bonds. The average molecular weight is 425 g/mol. The lowest BCUT2D eigenvalue weighted by Gasteiger charge is -2.19. The van der Waals surface area contributed by atoms with Crippen LogP contribution in [0.2, 0.25) is 0 Å². The van der Waals surface area contributed by atoms with Gasteiger partial charge in [-0.3, -0.25) is 18.0 Å². The van der Waals surface area contributed by atoms with E-state index in [-0.39, 0.29) is 11.5 Å². The van der Waals surface area contributed by atoms with E-state index in [0.717, 1.165) is 11.2 Å². The molecule has 0 spiro atoms. The van der Waals surface area contributed by atoms with Crippen molar-refractivity contribution in [2.45, 2.75) is 36.2 Å². The fourth-order valence-electron chi connectivity index (χ4n) is 1.90. The molecule has 0 unspecified atom stereocenters. The van der Waals surface area contributed by atoms with E-state index in [4.69, 9.17) is 9.84 Å². The van der Waals surface area contributed by atoms with Gasteiger partial charge in [-0.1, -0.05) is 12.1 Å². The number of hydrogen-bond donors (Lipinski definition) is 1. The maximum Gasteiger partial charge on any atom is 0.319 e. The Morgan fingerprint density at radius 3 is 1.93 bits per heavy atom. The number of benzene rings is 2. The number of esters is 1. The minimum absolute atomic E-state index is 0.100. The van der Waals surface area contributed by atoms with E-state index in [1.807, 2.05) is 0 Å². The predicted octanol–water partition coefficient (Wildman–Crippen LogP) is 3.08. The quantitative estimate of drug-likeness (QED) is 0.585. The molecule has 6 nitrogen and oxygen atoms in total. The van der Waals surface area contributed by atoms with E-state index in [2.05, 4.69) is 0 Å². The Morgan fingerprint density at radius 1 is 1.00 bits per heavy atom. The number of aromatic hydroxyl groups is 1. The molecule has 0 aromatic heterocycles. The minimum Gasteiger partial charge on any atom is -0.508 e. The summed E-state index contributed by atoms with van der Waals surface area (Å²) in [4.78, 5) is 22.9. The molecule has 28 heavy (non-hydrogen) atoms. The summed E-state index contributed by atoms with van der Waals surface area (Å²) in [5.74, 6) is -0.575. The van der Waals surface area contributed by atoms with Gasteiger partial charge in [0.25, 0.3) is 0 Å². The first kappa shape index (κ1) is 23.7. The summed E-state index contributed by atoms with van der Waals surface area (Å²) < 4.78 is 27.7. The van der Waals surface area contributed by atoms with Crippen LogP contribution in [0.25, 0.3) is 0 Å². The highest BCUT2D eigenvalue weighted by atomic mass is 32.2. The lowest BCUT2D eigenvalue weighted by molar-refractivity contribution is -0.151. The normalized spacial score (nSPS) is 12.9. The van der Waals surface area contributed by atoms with Crippen LogP contribution in [0.1, 0.15) is 31.1 Å². The second kappa shape index (κ2) is 10.9. The van der Waals surface area contributed by atoms with Gasteiger partial charge in [-0.05, 0) is 57.2 Å². The summed E-state index contributed by atoms with van der Waals surface area (Å²) in [6, 6.07) is 12.6. The molecule has 0 aliphatic carbocycles. The van der Waals surface area contributed by atoms with Crippen LogP contribution in [-0.4, -0.2) is 43.4 Å². The molecule has 0 bridgehead atoms. The Morgan fingerprint density at radius 2 is 1.50 bits per heavy atom. The molecule has 8 heteroatoms. The number of carbonyl (C=O) groups is 2. The highest BCUT2D eigenvalue weighted by Gasteiger charge is 2.18. The van der Waals surface area contributed by atoms with Crippen molar-refractivity contribution < 1.29 is 27.9 Å². The van der Waals surface area contributed by atoms with Crippen molar-refractivity contribution in [2.24, 2.45) is 0 Å². The van der Waals surface area contributed by atoms with E-state index in [1.54, 1.807) is 51.3 Å². The first-order valence-corrected chi connectivity index (χ1v) is 11.2. The van der Waals surface area contributed by atoms with Gasteiger partial charge in [0.05, 0.1) is 10.8 Å². The third-order valence-corrected chi connectivity index (χ3v) is 5.35. The molecule has 1 N–H and O–H groups in total. The third-order valence-electron chi connectivity index (χ3n) is 3.12. The molecule has 2 rings (SSSR count). The van der Waals surface area contributed by atoms with Crippen LogP contribution in [0.15, 0.2) is 58.3 Å². The summed E-state index contributed by atoms with van der Waals surface area (Å²) in [5, 5.41) is 9.08. The Hall–Kier alpha value is -2.32. The highest BCUT2D eigenvalue weighted by Crippen LogP contribution is 2.14. The van der Waals surface area contributed by atoms with Crippen LogP contribution in [0.5, 0.6) is 5.75 Å². The SMILES string of the molecule is CC(C)(C)OC(=O)C[S@](=O)c1ccc(O)cc1.C[S@](=O)c1ccc(C=O)cc1. The molecule has 0 saturated heterocycles. The zero-order valence-electron chi connectivity index (χ0n) is 16.2. The Kier molecular flexibility index (Phi) is 9.21. The Balaban J connectivity index is 0.000000307. The topological polar surface area (TPSA) is 97.7 Å². The third kappa shape index (κ3) is 9.05. The lowest BCUT2D eigenvalue weighted by atomic mass is 10.2. The van der Waals surface area contributed by atoms with Crippen molar-refractivity contribution in [2.75, 3.05) is 12.0 Å². The molecule has 0 saturated carbocycles. The van der Waals surface area contributed by atoms with E-state index in [1.165, 1.54) is 24.3 Å². The van der Waals surface area contributed by atoms with Crippen molar-refractivity contribution in [1.29, 1.82) is 0 Å². The van der Waals surface area contributed by atoms with Crippen LogP contribution in [0, 0.1) is 0 Å². The molecule has 2 atom stereocenters. The molecular formula is C20H24O6S2. The molecule has 0 radical (unpaired) electrons. The number of ether oxygens (including phenoxy) is 1. The van der Waals surface area contributed by atoms with Crippen molar-refractivity contribution in [3.8, 4) is 5.75 Å². The van der Waals surface area contributed by atoms with Gasteiger partial charge >= 0.3 is 5.97 Å². The Labute approximate surface area is 169 Å². The molecule has 0 fully saturated rings. The van der Waals surface area contributed by atoms with E-state index in [0.29, 0.717) is 10.5 Å². The van der Waals surface area contributed by atoms with E-state index < -0.39 is 33.2 Å². The van der Waals surface area contributed by atoms with Crippen LogP contribution in [0.3, 0.4) is 0 Å². The molecule has 0 aliphatic rings. The molecule has 2 aromatic rings. The standard InChI is InChI=1S/C12H16O4S.C8H8O2S/c1-12(2,3)16-11(14)8-17(15)10-6-4-9(13)5-7-10;1-11(10)8-4-2-7(6-9)3-5-8/h4-7,13H,8H2,1-3H3;2-6H,1H3/t17-;11-/m00/s1. The molecular weight excluding hydrogens is 400 g/mol. The number of phenolic OH excluding ortho intramolecular Hbond substituents is 1. The van der Waals surface area contributed by atoms with Gasteiger partial charge in [0.15, 0.2) is 0 Å².